The molecule has 1 aliphatic rings. The van der Waals surface area contributed by atoms with Gasteiger partial charge in [0, 0.05) is 5.02 Å². The summed E-state index contributed by atoms with van der Waals surface area (Å²) in [5, 5.41) is 9.83. The molecule has 80 valence electrons. The zero-order valence-electron chi connectivity index (χ0n) is 8.64. The maximum absolute atomic E-state index is 11.2. The van der Waals surface area contributed by atoms with E-state index in [1.165, 1.54) is 0 Å². The second kappa shape index (κ2) is 3.86. The Bertz CT molecular complexity index is 420. The van der Waals surface area contributed by atoms with Gasteiger partial charge in [-0.05, 0) is 48.4 Å². The second-order valence-electron chi connectivity index (χ2n) is 3.86. The van der Waals surface area contributed by atoms with Gasteiger partial charge in [0.15, 0.2) is 0 Å². The Morgan fingerprint density at radius 1 is 1.53 bits per heavy atom. The van der Waals surface area contributed by atoms with Crippen molar-refractivity contribution in [3.8, 4) is 0 Å². The van der Waals surface area contributed by atoms with Crippen molar-refractivity contribution in [3.63, 3.8) is 0 Å². The standard InChI is InChI=1S/C12H13ClO2/c1-2-8-10(13)6-7-4-3-5-9(7)11(8)12(14)15/h6H,2-5H2,1H3,(H,14,15). The smallest absolute Gasteiger partial charge is 0.336 e. The molecule has 0 saturated heterocycles. The van der Waals surface area contributed by atoms with Gasteiger partial charge in [-0.2, -0.15) is 0 Å². The van der Waals surface area contributed by atoms with Crippen molar-refractivity contribution in [1.82, 2.24) is 0 Å². The Morgan fingerprint density at radius 3 is 2.87 bits per heavy atom. The molecule has 2 rings (SSSR count). The molecule has 1 aromatic rings. The average molecular weight is 225 g/mol. The third kappa shape index (κ3) is 1.63. The van der Waals surface area contributed by atoms with Crippen molar-refractivity contribution in [2.24, 2.45) is 0 Å². The van der Waals surface area contributed by atoms with Gasteiger partial charge in [-0.1, -0.05) is 18.5 Å². The minimum Gasteiger partial charge on any atom is -0.478 e. The second-order valence-corrected chi connectivity index (χ2v) is 4.27. The Labute approximate surface area is 93.9 Å². The van der Waals surface area contributed by atoms with Gasteiger partial charge < -0.3 is 5.11 Å². The zero-order chi connectivity index (χ0) is 11.0. The van der Waals surface area contributed by atoms with E-state index in [1.807, 2.05) is 13.0 Å². The molecule has 1 aromatic carbocycles. The fraction of sp³-hybridized carbons (Fsp3) is 0.417. The third-order valence-electron chi connectivity index (χ3n) is 3.02. The lowest BCUT2D eigenvalue weighted by Crippen LogP contribution is -2.07. The molecule has 0 spiro atoms. The van der Waals surface area contributed by atoms with Crippen LogP contribution in [0.2, 0.25) is 5.02 Å². The number of aromatic carboxylic acids is 1. The summed E-state index contributed by atoms with van der Waals surface area (Å²) >= 11 is 6.09. The fourth-order valence-corrected chi connectivity index (χ4v) is 2.72. The Hall–Kier alpha value is -1.02. The highest BCUT2D eigenvalue weighted by molar-refractivity contribution is 6.32. The predicted octanol–water partition coefficient (Wildman–Crippen LogP) is 3.09. The summed E-state index contributed by atoms with van der Waals surface area (Å²) < 4.78 is 0. The molecule has 0 heterocycles. The lowest BCUT2D eigenvalue weighted by Gasteiger charge is -2.11. The normalized spacial score (nSPS) is 14.0. The Morgan fingerprint density at radius 2 is 2.27 bits per heavy atom. The fourth-order valence-electron chi connectivity index (χ4n) is 2.36. The lowest BCUT2D eigenvalue weighted by molar-refractivity contribution is 0.0694. The van der Waals surface area contributed by atoms with E-state index in [9.17, 15) is 9.90 Å². The van der Waals surface area contributed by atoms with Crippen molar-refractivity contribution < 1.29 is 9.90 Å². The van der Waals surface area contributed by atoms with Gasteiger partial charge in [0.2, 0.25) is 0 Å². The number of hydrogen-bond donors (Lipinski definition) is 1. The molecule has 0 amide bonds. The Balaban J connectivity index is 2.71. The number of hydrogen-bond acceptors (Lipinski definition) is 1. The van der Waals surface area contributed by atoms with Crippen LogP contribution in [0.4, 0.5) is 0 Å². The van der Waals surface area contributed by atoms with Crippen LogP contribution in [0.1, 0.15) is 40.4 Å². The van der Waals surface area contributed by atoms with Crippen LogP contribution in [0.25, 0.3) is 0 Å². The first-order valence-corrected chi connectivity index (χ1v) is 5.59. The number of carboxylic acids is 1. The molecular weight excluding hydrogens is 212 g/mol. The summed E-state index contributed by atoms with van der Waals surface area (Å²) in [6.45, 7) is 1.94. The lowest BCUT2D eigenvalue weighted by atomic mass is 9.96. The highest BCUT2D eigenvalue weighted by atomic mass is 35.5. The van der Waals surface area contributed by atoms with Gasteiger partial charge in [-0.25, -0.2) is 4.79 Å². The topological polar surface area (TPSA) is 37.3 Å². The van der Waals surface area contributed by atoms with E-state index in [1.54, 1.807) is 0 Å². The van der Waals surface area contributed by atoms with E-state index < -0.39 is 5.97 Å². The maximum atomic E-state index is 11.2. The first kappa shape index (κ1) is 10.5. The number of halogens is 1. The van der Waals surface area contributed by atoms with Crippen LogP contribution >= 0.6 is 11.6 Å². The number of carboxylic acid groups (broad SMARTS) is 1. The van der Waals surface area contributed by atoms with E-state index in [0.29, 0.717) is 17.0 Å². The molecule has 0 unspecified atom stereocenters. The van der Waals surface area contributed by atoms with Gasteiger partial charge in [-0.3, -0.25) is 0 Å². The van der Waals surface area contributed by atoms with Gasteiger partial charge in [0.25, 0.3) is 0 Å². The molecule has 0 aromatic heterocycles. The van der Waals surface area contributed by atoms with E-state index in [2.05, 4.69) is 0 Å². The van der Waals surface area contributed by atoms with Gasteiger partial charge >= 0.3 is 5.97 Å². The first-order chi connectivity index (χ1) is 7.15. The van der Waals surface area contributed by atoms with Crippen LogP contribution in [0.15, 0.2) is 6.07 Å². The molecule has 0 saturated carbocycles. The van der Waals surface area contributed by atoms with Crippen molar-refractivity contribution in [2.45, 2.75) is 32.6 Å². The van der Waals surface area contributed by atoms with E-state index >= 15 is 0 Å². The van der Waals surface area contributed by atoms with Crippen LogP contribution in [-0.4, -0.2) is 11.1 Å². The molecule has 2 nitrogen and oxygen atoms in total. The highest BCUT2D eigenvalue weighted by Gasteiger charge is 2.23. The average Bonchev–Trinajstić information content (AvgIpc) is 2.62. The summed E-state index contributed by atoms with van der Waals surface area (Å²) in [7, 11) is 0. The summed E-state index contributed by atoms with van der Waals surface area (Å²) in [6.07, 6.45) is 3.55. The summed E-state index contributed by atoms with van der Waals surface area (Å²) in [5.41, 5.74) is 3.36. The van der Waals surface area contributed by atoms with Crippen LogP contribution in [0.5, 0.6) is 0 Å². The quantitative estimate of drug-likeness (QED) is 0.838. The van der Waals surface area contributed by atoms with Crippen molar-refractivity contribution in [3.05, 3.63) is 33.3 Å². The monoisotopic (exact) mass is 224 g/mol. The molecule has 0 radical (unpaired) electrons. The first-order valence-electron chi connectivity index (χ1n) is 5.21. The number of aryl methyl sites for hydroxylation is 1. The highest BCUT2D eigenvalue weighted by Crippen LogP contribution is 2.33. The minimum atomic E-state index is -0.840. The van der Waals surface area contributed by atoms with Crippen LogP contribution in [-0.2, 0) is 19.3 Å². The molecule has 0 bridgehead atoms. The molecule has 1 aliphatic carbocycles. The predicted molar refractivity (Wildman–Crippen MR) is 59.8 cm³/mol. The number of fused-ring (bicyclic) bond motifs is 1. The SMILES string of the molecule is CCc1c(Cl)cc2c(c1C(=O)O)CCC2. The van der Waals surface area contributed by atoms with Crippen LogP contribution < -0.4 is 0 Å². The molecule has 15 heavy (non-hydrogen) atoms. The Kier molecular flexibility index (Phi) is 2.70. The number of benzene rings is 1. The molecule has 0 atom stereocenters. The molecule has 1 N–H and O–H groups in total. The summed E-state index contributed by atoms with van der Waals surface area (Å²) in [5.74, 6) is -0.840. The van der Waals surface area contributed by atoms with Gasteiger partial charge in [-0.15, -0.1) is 0 Å². The minimum absolute atomic E-state index is 0.456. The summed E-state index contributed by atoms with van der Waals surface area (Å²) in [4.78, 5) is 11.2. The van der Waals surface area contributed by atoms with Crippen LogP contribution in [0, 0.1) is 0 Å². The van der Waals surface area contributed by atoms with Gasteiger partial charge in [0.05, 0.1) is 5.56 Å². The largest absolute Gasteiger partial charge is 0.478 e. The van der Waals surface area contributed by atoms with Crippen molar-refractivity contribution in [1.29, 1.82) is 0 Å². The van der Waals surface area contributed by atoms with E-state index in [-0.39, 0.29) is 0 Å². The van der Waals surface area contributed by atoms with Crippen LogP contribution in [0.3, 0.4) is 0 Å². The molecule has 3 heteroatoms. The molecular formula is C12H13ClO2. The van der Waals surface area contributed by atoms with E-state index in [0.717, 1.165) is 36.0 Å². The van der Waals surface area contributed by atoms with E-state index in [4.69, 9.17) is 11.6 Å². The van der Waals surface area contributed by atoms with Gasteiger partial charge in [0.1, 0.15) is 0 Å². The van der Waals surface area contributed by atoms with Crippen molar-refractivity contribution in [2.75, 3.05) is 0 Å². The number of rotatable bonds is 2. The summed E-state index contributed by atoms with van der Waals surface area (Å²) in [6, 6.07) is 1.94. The number of carbonyl (C=O) groups is 1. The maximum Gasteiger partial charge on any atom is 0.336 e. The molecule has 0 fully saturated rings. The molecule has 0 aliphatic heterocycles. The third-order valence-corrected chi connectivity index (χ3v) is 3.36. The zero-order valence-corrected chi connectivity index (χ0v) is 9.40. The van der Waals surface area contributed by atoms with Crippen molar-refractivity contribution >= 4 is 17.6 Å².